The van der Waals surface area contributed by atoms with E-state index in [9.17, 15) is 27.6 Å². The van der Waals surface area contributed by atoms with Crippen molar-refractivity contribution in [1.29, 1.82) is 0 Å². The number of nitrogens with zero attached hydrogens (tertiary/aromatic N) is 1. The Morgan fingerprint density at radius 1 is 1.00 bits per heavy atom. The molecule has 5 atom stereocenters. The molecule has 2 saturated carbocycles. The molecule has 1 aromatic rings. The first-order valence-corrected chi connectivity index (χ1v) is 19.7. The fourth-order valence-corrected chi connectivity index (χ4v) is 8.44. The third-order valence-corrected chi connectivity index (χ3v) is 12.2. The quantitative estimate of drug-likeness (QED) is 0.374. The summed E-state index contributed by atoms with van der Waals surface area (Å²) in [4.78, 5) is 56.1. The Bertz CT molecular complexity index is 1540. The predicted molar refractivity (Wildman–Crippen MR) is 188 cm³/mol. The molecule has 12 nitrogen and oxygen atoms in total. The van der Waals surface area contributed by atoms with Crippen molar-refractivity contribution in [2.45, 2.75) is 127 Å². The number of carbonyl (C=O) groups excluding carboxylic acids is 4. The Morgan fingerprint density at radius 3 is 2.30 bits per heavy atom. The molecule has 3 fully saturated rings. The van der Waals surface area contributed by atoms with Crippen molar-refractivity contribution in [3.05, 3.63) is 48.0 Å². The van der Waals surface area contributed by atoms with E-state index in [4.69, 9.17) is 9.47 Å². The van der Waals surface area contributed by atoms with Gasteiger partial charge in [-0.15, -0.1) is 6.58 Å². The lowest BCUT2D eigenvalue weighted by molar-refractivity contribution is -0.143. The molecular weight excluding hydrogens is 660 g/mol. The molecule has 50 heavy (non-hydrogen) atoms. The first-order chi connectivity index (χ1) is 23.7. The molecular formula is C37H54N4O8S. The number of alkyl carbamates (subject to hydrolysis) is 1. The Morgan fingerprint density at radius 2 is 1.66 bits per heavy atom. The molecule has 2 aliphatic heterocycles. The highest BCUT2D eigenvalue weighted by Crippen LogP contribution is 2.45. The van der Waals surface area contributed by atoms with E-state index in [1.807, 2.05) is 20.8 Å². The van der Waals surface area contributed by atoms with Crippen LogP contribution in [0.3, 0.4) is 0 Å². The highest BCUT2D eigenvalue weighted by molar-refractivity contribution is 7.91. The summed E-state index contributed by atoms with van der Waals surface area (Å²) in [5, 5.41) is 4.96. The normalized spacial score (nSPS) is 29.0. The Labute approximate surface area is 296 Å². The van der Waals surface area contributed by atoms with Crippen LogP contribution >= 0.6 is 0 Å². The maximum absolute atomic E-state index is 14.3. The second-order valence-electron chi connectivity index (χ2n) is 15.4. The zero-order valence-corrected chi connectivity index (χ0v) is 30.5. The van der Waals surface area contributed by atoms with Gasteiger partial charge in [0, 0.05) is 25.5 Å². The number of aryl methyl sites for hydroxylation is 2. The molecule has 0 radical (unpaired) electrons. The first kappa shape index (κ1) is 37.8. The number of amides is 4. The third-order valence-electron chi connectivity index (χ3n) is 10.4. The number of cyclic esters (lactones) is 1. The van der Waals surface area contributed by atoms with Gasteiger partial charge in [-0.1, -0.05) is 70.4 Å². The number of nitrogens with one attached hydrogen (secondary N) is 3. The van der Waals surface area contributed by atoms with E-state index < -0.39 is 74.1 Å². The molecule has 1 aromatic carbocycles. The van der Waals surface area contributed by atoms with Gasteiger partial charge in [0.2, 0.25) is 21.8 Å². The number of ether oxygens (including phenoxy) is 2. The number of benzene rings is 1. The molecule has 2 aliphatic carbocycles. The second kappa shape index (κ2) is 15.8. The monoisotopic (exact) mass is 714 g/mol. The fraction of sp³-hybridized carbons (Fsp3) is 0.676. The van der Waals surface area contributed by atoms with Crippen molar-refractivity contribution >= 4 is 33.8 Å². The molecule has 0 aromatic heterocycles. The van der Waals surface area contributed by atoms with Gasteiger partial charge in [0.1, 0.15) is 17.6 Å². The predicted octanol–water partition coefficient (Wildman–Crippen LogP) is 3.92. The molecule has 0 unspecified atom stereocenters. The van der Waals surface area contributed by atoms with Crippen molar-refractivity contribution in [2.24, 2.45) is 11.3 Å². The zero-order chi connectivity index (χ0) is 36.1. The molecule has 1 saturated heterocycles. The van der Waals surface area contributed by atoms with Gasteiger partial charge in [-0.2, -0.15) is 0 Å². The van der Waals surface area contributed by atoms with E-state index >= 15 is 0 Å². The van der Waals surface area contributed by atoms with Crippen LogP contribution in [0.15, 0.2) is 36.9 Å². The highest BCUT2D eigenvalue weighted by atomic mass is 32.2. The average molecular weight is 715 g/mol. The van der Waals surface area contributed by atoms with E-state index in [2.05, 4.69) is 46.2 Å². The van der Waals surface area contributed by atoms with Gasteiger partial charge in [0.05, 0.1) is 18.0 Å². The second-order valence-corrected chi connectivity index (χ2v) is 17.3. The number of hydrogen-bond donors (Lipinski definition) is 3. The van der Waals surface area contributed by atoms with E-state index in [0.29, 0.717) is 25.9 Å². The SMILES string of the molecule is C=C[C@H]1C[C@]1(NC(=O)[C@@H]1C[C@@H]2CN1C(=O)[C@H](C(C)(C)C)NC(=O)OCCCCCCCc1ccccc1CCCO2)C(=O)NS(=O)(=O)C1CC1. The van der Waals surface area contributed by atoms with Crippen molar-refractivity contribution in [1.82, 2.24) is 20.3 Å². The summed E-state index contributed by atoms with van der Waals surface area (Å²) in [5.74, 6) is -2.33. The summed E-state index contributed by atoms with van der Waals surface area (Å²) in [6, 6.07) is 6.42. The lowest BCUT2D eigenvalue weighted by Gasteiger charge is -2.35. The van der Waals surface area contributed by atoms with Gasteiger partial charge >= 0.3 is 6.09 Å². The molecule has 13 heteroatoms. The van der Waals surface area contributed by atoms with Gasteiger partial charge in [-0.3, -0.25) is 19.1 Å². The standard InChI is InChI=1S/C37H54N4O8S/c1-5-27-23-37(27,34(44)40-50(46,47)29-18-19-29)39-32(42)30-22-28-24-41(30)33(43)31(36(2,3)4)38-35(45)49-20-12-8-6-7-9-14-25-15-10-11-16-26(25)17-13-21-48-28/h5,10-11,15-16,27-31H,1,6-9,12-14,17-24H2,2-4H3,(H,38,45)(H,39,42)(H,40,44)/t27-,28+,30-,31+,37+/m0/s1. The number of rotatable bonds is 6. The maximum atomic E-state index is 14.3. The van der Waals surface area contributed by atoms with E-state index in [-0.39, 0.29) is 26.0 Å². The average Bonchev–Trinajstić information content (AvgIpc) is 3.99. The summed E-state index contributed by atoms with van der Waals surface area (Å²) in [6.07, 6.45) is 9.14. The van der Waals surface area contributed by atoms with Crippen molar-refractivity contribution in [3.8, 4) is 0 Å². The summed E-state index contributed by atoms with van der Waals surface area (Å²) >= 11 is 0. The Kier molecular flexibility index (Phi) is 12.0. The molecule has 3 N–H and O–H groups in total. The van der Waals surface area contributed by atoms with E-state index in [1.54, 1.807) is 0 Å². The number of hydrogen-bond acceptors (Lipinski definition) is 8. The van der Waals surface area contributed by atoms with Crippen molar-refractivity contribution in [2.75, 3.05) is 19.8 Å². The molecule has 2 bridgehead atoms. The molecule has 0 spiro atoms. The highest BCUT2D eigenvalue weighted by Gasteiger charge is 2.62. The summed E-state index contributed by atoms with van der Waals surface area (Å²) in [5.41, 5.74) is 0.404. The lowest BCUT2D eigenvalue weighted by atomic mass is 9.85. The molecule has 4 amide bonds. The molecule has 2 heterocycles. The van der Waals surface area contributed by atoms with E-state index in [0.717, 1.165) is 44.9 Å². The largest absolute Gasteiger partial charge is 0.450 e. The van der Waals surface area contributed by atoms with Crippen LogP contribution in [-0.2, 0) is 46.7 Å². The number of carbonyl (C=O) groups is 4. The summed E-state index contributed by atoms with van der Waals surface area (Å²) in [7, 11) is -3.85. The maximum Gasteiger partial charge on any atom is 0.407 e. The van der Waals surface area contributed by atoms with Gasteiger partial charge in [-0.05, 0) is 67.9 Å². The number of sulfonamides is 1. The van der Waals surface area contributed by atoms with Crippen LogP contribution in [0.5, 0.6) is 0 Å². The van der Waals surface area contributed by atoms with Crippen LogP contribution in [0.1, 0.15) is 96.1 Å². The lowest BCUT2D eigenvalue weighted by Crippen LogP contribution is -2.60. The molecule has 276 valence electrons. The van der Waals surface area contributed by atoms with Gasteiger partial charge < -0.3 is 25.0 Å². The number of fused-ring (bicyclic) bond motifs is 3. The smallest absolute Gasteiger partial charge is 0.407 e. The van der Waals surface area contributed by atoms with Crippen LogP contribution in [0.4, 0.5) is 4.79 Å². The first-order valence-electron chi connectivity index (χ1n) is 18.2. The fourth-order valence-electron chi connectivity index (χ4n) is 7.07. The van der Waals surface area contributed by atoms with Gasteiger partial charge in [0.15, 0.2) is 0 Å². The molecule has 5 rings (SSSR count). The summed E-state index contributed by atoms with van der Waals surface area (Å²) < 4.78 is 39.2. The van der Waals surface area contributed by atoms with Gasteiger partial charge in [0.25, 0.3) is 5.91 Å². The van der Waals surface area contributed by atoms with Crippen molar-refractivity contribution in [3.63, 3.8) is 0 Å². The third kappa shape index (κ3) is 9.25. The topological polar surface area (TPSA) is 160 Å². The minimum atomic E-state index is -3.85. The minimum Gasteiger partial charge on any atom is -0.450 e. The van der Waals surface area contributed by atoms with Crippen LogP contribution < -0.4 is 15.4 Å². The van der Waals surface area contributed by atoms with Crippen LogP contribution in [0.25, 0.3) is 0 Å². The Balaban J connectivity index is 1.36. The molecule has 4 aliphatic rings. The Hall–Kier alpha value is -3.45. The zero-order valence-electron chi connectivity index (χ0n) is 29.7. The minimum absolute atomic E-state index is 0.108. The van der Waals surface area contributed by atoms with Crippen LogP contribution in [0, 0.1) is 11.3 Å². The van der Waals surface area contributed by atoms with Gasteiger partial charge in [-0.25, -0.2) is 13.2 Å². The van der Waals surface area contributed by atoms with Crippen LogP contribution in [-0.4, -0.2) is 85.9 Å². The van der Waals surface area contributed by atoms with Crippen LogP contribution in [0.2, 0.25) is 0 Å². The van der Waals surface area contributed by atoms with Crippen molar-refractivity contribution < 1.29 is 37.1 Å². The van der Waals surface area contributed by atoms with E-state index in [1.165, 1.54) is 22.1 Å². The summed E-state index contributed by atoms with van der Waals surface area (Å²) in [6.45, 7) is 10.0.